The molecule has 9 nitrogen and oxygen atoms in total. The van der Waals surface area contributed by atoms with Crippen molar-refractivity contribution in [3.8, 4) is 11.4 Å². The minimum Gasteiger partial charge on any atom is -0.494 e. The van der Waals surface area contributed by atoms with Gasteiger partial charge in [0.1, 0.15) is 28.9 Å². The summed E-state index contributed by atoms with van der Waals surface area (Å²) in [6, 6.07) is 11.5. The van der Waals surface area contributed by atoms with Crippen LogP contribution in [-0.4, -0.2) is 53.8 Å². The predicted octanol–water partition coefficient (Wildman–Crippen LogP) is 3.27. The number of anilines is 2. The van der Waals surface area contributed by atoms with Crippen molar-refractivity contribution < 1.29 is 19.3 Å². The van der Waals surface area contributed by atoms with E-state index < -0.39 is 12.2 Å². The normalized spacial score (nSPS) is 20.0. The SMILES string of the molecule is COc1cc(Nc2nc3n(n2)C[C@H](O)[C@H](O)CC3c2ccc(F)cc2)ccc1-n1cnc(Cl)c1. The Morgan fingerprint density at radius 2 is 1.94 bits per heavy atom. The van der Waals surface area contributed by atoms with E-state index in [0.717, 1.165) is 11.3 Å². The number of benzene rings is 2. The largest absolute Gasteiger partial charge is 0.494 e. The summed E-state index contributed by atoms with van der Waals surface area (Å²) in [6.07, 6.45) is 1.55. The summed E-state index contributed by atoms with van der Waals surface area (Å²) < 4.78 is 22.3. The Hall–Kier alpha value is -3.47. The fourth-order valence-corrected chi connectivity index (χ4v) is 4.26. The van der Waals surface area contributed by atoms with Gasteiger partial charge in [-0.15, -0.1) is 5.10 Å². The Balaban J connectivity index is 1.46. The van der Waals surface area contributed by atoms with Crippen LogP contribution in [0.1, 0.15) is 23.7 Å². The third kappa shape index (κ3) is 4.35. The Kier molecular flexibility index (Phi) is 5.94. The molecule has 1 aliphatic rings. The highest BCUT2D eigenvalue weighted by atomic mass is 35.5. The summed E-state index contributed by atoms with van der Waals surface area (Å²) in [5.41, 5.74) is 2.22. The van der Waals surface area contributed by atoms with Gasteiger partial charge in [-0.1, -0.05) is 23.7 Å². The number of methoxy groups -OCH3 is 1. The van der Waals surface area contributed by atoms with Crippen LogP contribution < -0.4 is 10.1 Å². The number of ether oxygens (including phenoxy) is 1. The molecule has 176 valence electrons. The van der Waals surface area contributed by atoms with Gasteiger partial charge >= 0.3 is 0 Å². The lowest BCUT2D eigenvalue weighted by molar-refractivity contribution is 0.00721. The second-order valence-corrected chi connectivity index (χ2v) is 8.45. The van der Waals surface area contributed by atoms with Crippen molar-refractivity contribution in [1.82, 2.24) is 24.3 Å². The van der Waals surface area contributed by atoms with Gasteiger partial charge in [0.05, 0.1) is 31.5 Å². The Bertz CT molecular complexity index is 1310. The van der Waals surface area contributed by atoms with E-state index in [4.69, 9.17) is 16.3 Å². The lowest BCUT2D eigenvalue weighted by Crippen LogP contribution is -2.29. The molecular weight excluding hydrogens is 463 g/mol. The number of aromatic nitrogens is 5. The van der Waals surface area contributed by atoms with Gasteiger partial charge in [0, 0.05) is 23.9 Å². The van der Waals surface area contributed by atoms with E-state index in [2.05, 4.69) is 20.4 Å². The molecule has 2 aromatic heterocycles. The van der Waals surface area contributed by atoms with Crippen LogP contribution in [0.2, 0.25) is 5.15 Å². The molecule has 3 heterocycles. The molecule has 0 spiro atoms. The van der Waals surface area contributed by atoms with Gasteiger partial charge in [0.15, 0.2) is 0 Å². The monoisotopic (exact) mass is 484 g/mol. The standard InChI is InChI=1S/C23H22ClFN6O3/c1-34-20-8-15(6-7-17(20)30-11-21(24)26-12-30)27-23-28-22-16(13-2-4-14(25)5-3-13)9-18(32)19(33)10-31(22)29-23/h2-8,11-12,16,18-19,32-33H,9-10H2,1H3,(H,27,29)/t16?,18-,19+/m1/s1. The quantitative estimate of drug-likeness (QED) is 0.399. The summed E-state index contributed by atoms with van der Waals surface area (Å²) in [6.45, 7) is 0.0898. The number of fused-ring (bicyclic) bond motifs is 1. The van der Waals surface area contributed by atoms with Gasteiger partial charge in [0.2, 0.25) is 5.95 Å². The van der Waals surface area contributed by atoms with E-state index in [9.17, 15) is 14.6 Å². The number of aliphatic hydroxyl groups is 2. The maximum absolute atomic E-state index is 13.5. The molecule has 3 N–H and O–H groups in total. The number of imidazole rings is 1. The van der Waals surface area contributed by atoms with Crippen LogP contribution in [-0.2, 0) is 6.54 Å². The predicted molar refractivity (Wildman–Crippen MR) is 123 cm³/mol. The molecule has 0 radical (unpaired) electrons. The topological polar surface area (TPSA) is 110 Å². The highest BCUT2D eigenvalue weighted by Crippen LogP contribution is 2.34. The van der Waals surface area contributed by atoms with E-state index in [1.54, 1.807) is 47.1 Å². The van der Waals surface area contributed by atoms with Crippen molar-refractivity contribution in [3.05, 3.63) is 77.3 Å². The molecule has 34 heavy (non-hydrogen) atoms. The third-order valence-electron chi connectivity index (χ3n) is 5.83. The molecular formula is C23H22ClFN6O3. The summed E-state index contributed by atoms with van der Waals surface area (Å²) >= 11 is 5.93. The summed E-state index contributed by atoms with van der Waals surface area (Å²) in [7, 11) is 1.57. The van der Waals surface area contributed by atoms with E-state index in [-0.39, 0.29) is 24.7 Å². The molecule has 11 heteroatoms. The summed E-state index contributed by atoms with van der Waals surface area (Å²) in [4.78, 5) is 8.67. The minimum atomic E-state index is -1.000. The van der Waals surface area contributed by atoms with Crippen molar-refractivity contribution in [2.75, 3.05) is 12.4 Å². The molecule has 0 fully saturated rings. The maximum Gasteiger partial charge on any atom is 0.246 e. The first kappa shape index (κ1) is 22.3. The lowest BCUT2D eigenvalue weighted by atomic mass is 9.92. The van der Waals surface area contributed by atoms with Gasteiger partial charge < -0.3 is 24.8 Å². The summed E-state index contributed by atoms with van der Waals surface area (Å²) in [5, 5.41) is 28.8. The first-order valence-corrected chi connectivity index (χ1v) is 11.0. The van der Waals surface area contributed by atoms with Gasteiger partial charge in [-0.2, -0.15) is 4.98 Å². The van der Waals surface area contributed by atoms with Gasteiger partial charge in [-0.25, -0.2) is 14.1 Å². The van der Waals surface area contributed by atoms with Crippen LogP contribution >= 0.6 is 11.6 Å². The molecule has 0 amide bonds. The van der Waals surface area contributed by atoms with Gasteiger partial charge in [-0.3, -0.25) is 0 Å². The number of rotatable bonds is 5. The molecule has 5 rings (SSSR count). The average molecular weight is 485 g/mol. The molecule has 0 bridgehead atoms. The number of aliphatic hydroxyl groups excluding tert-OH is 2. The lowest BCUT2D eigenvalue weighted by Gasteiger charge is -2.18. The van der Waals surface area contributed by atoms with Crippen LogP contribution in [0.15, 0.2) is 55.0 Å². The van der Waals surface area contributed by atoms with E-state index in [1.165, 1.54) is 12.1 Å². The van der Waals surface area contributed by atoms with E-state index >= 15 is 0 Å². The molecule has 0 aliphatic carbocycles. The molecule has 2 aromatic carbocycles. The van der Waals surface area contributed by atoms with Crippen LogP contribution in [0.5, 0.6) is 5.75 Å². The fourth-order valence-electron chi connectivity index (χ4n) is 4.11. The van der Waals surface area contributed by atoms with E-state index in [1.807, 2.05) is 12.1 Å². The summed E-state index contributed by atoms with van der Waals surface area (Å²) in [5.74, 6) is 0.769. The fraction of sp³-hybridized carbons (Fsp3) is 0.261. The number of hydrogen-bond acceptors (Lipinski definition) is 7. The van der Waals surface area contributed by atoms with Crippen molar-refractivity contribution in [1.29, 1.82) is 0 Å². The molecule has 1 unspecified atom stereocenters. The highest BCUT2D eigenvalue weighted by Gasteiger charge is 2.33. The molecule has 4 aromatic rings. The Morgan fingerprint density at radius 3 is 2.65 bits per heavy atom. The minimum absolute atomic E-state index is 0.0898. The van der Waals surface area contributed by atoms with Crippen molar-refractivity contribution in [2.45, 2.75) is 31.1 Å². The number of nitrogens with zero attached hydrogens (tertiary/aromatic N) is 5. The van der Waals surface area contributed by atoms with Gasteiger partial charge in [0.25, 0.3) is 0 Å². The second-order valence-electron chi connectivity index (χ2n) is 8.07. The molecule has 1 aliphatic heterocycles. The van der Waals surface area contributed by atoms with Crippen molar-refractivity contribution >= 4 is 23.2 Å². The molecule has 3 atom stereocenters. The highest BCUT2D eigenvalue weighted by molar-refractivity contribution is 6.29. The van der Waals surface area contributed by atoms with Crippen LogP contribution in [0.25, 0.3) is 5.69 Å². The van der Waals surface area contributed by atoms with E-state index in [0.29, 0.717) is 28.4 Å². The third-order valence-corrected chi connectivity index (χ3v) is 6.03. The smallest absolute Gasteiger partial charge is 0.246 e. The van der Waals surface area contributed by atoms with Crippen LogP contribution in [0, 0.1) is 5.82 Å². The number of hydrogen-bond donors (Lipinski definition) is 3. The van der Waals surface area contributed by atoms with Crippen molar-refractivity contribution in [2.24, 2.45) is 0 Å². The second kappa shape index (κ2) is 9.05. The Labute approximate surface area is 199 Å². The Morgan fingerprint density at radius 1 is 1.15 bits per heavy atom. The average Bonchev–Trinajstić information content (AvgIpc) is 3.41. The molecule has 0 saturated heterocycles. The molecule has 0 saturated carbocycles. The zero-order valence-electron chi connectivity index (χ0n) is 18.1. The first-order valence-electron chi connectivity index (χ1n) is 10.6. The first-order chi connectivity index (χ1) is 16.4. The maximum atomic E-state index is 13.5. The zero-order valence-corrected chi connectivity index (χ0v) is 18.9. The van der Waals surface area contributed by atoms with Crippen molar-refractivity contribution in [3.63, 3.8) is 0 Å². The number of halogens is 2. The van der Waals surface area contributed by atoms with Gasteiger partial charge in [-0.05, 0) is 36.2 Å². The van der Waals surface area contributed by atoms with Crippen LogP contribution in [0.3, 0.4) is 0 Å². The van der Waals surface area contributed by atoms with Crippen LogP contribution in [0.4, 0.5) is 16.0 Å². The number of nitrogens with one attached hydrogen (secondary N) is 1. The zero-order chi connectivity index (χ0) is 23.8.